The smallest absolute Gasteiger partial charge is 0.251 e. The summed E-state index contributed by atoms with van der Waals surface area (Å²) in [6, 6.07) is 12.1. The molecule has 0 saturated carbocycles. The topological polar surface area (TPSA) is 45.8 Å². The summed E-state index contributed by atoms with van der Waals surface area (Å²) < 4.78 is 0. The van der Waals surface area contributed by atoms with Crippen LogP contribution in [0, 0.1) is 0 Å². The summed E-state index contributed by atoms with van der Waals surface area (Å²) in [6.45, 7) is 2.09. The molecule has 0 spiro atoms. The van der Waals surface area contributed by atoms with Crippen LogP contribution in [0.1, 0.15) is 31.0 Å². The Balaban J connectivity index is 1.83. The highest BCUT2D eigenvalue weighted by Gasteiger charge is 2.02. The van der Waals surface area contributed by atoms with Gasteiger partial charge >= 0.3 is 0 Å². The van der Waals surface area contributed by atoms with E-state index in [1.807, 2.05) is 6.07 Å². The van der Waals surface area contributed by atoms with Crippen molar-refractivity contribution in [2.24, 2.45) is 0 Å². The lowest BCUT2D eigenvalue weighted by molar-refractivity contribution is 0.814. The van der Waals surface area contributed by atoms with Crippen LogP contribution in [0.5, 0.6) is 0 Å². The van der Waals surface area contributed by atoms with Crippen LogP contribution in [0.15, 0.2) is 46.3 Å². The largest absolute Gasteiger partial charge is 0.301 e. The first-order chi connectivity index (χ1) is 9.78. The van der Waals surface area contributed by atoms with Gasteiger partial charge < -0.3 is 4.98 Å². The first kappa shape index (κ1) is 14.9. The summed E-state index contributed by atoms with van der Waals surface area (Å²) in [6.07, 6.45) is 4.01. The van der Waals surface area contributed by atoms with Crippen molar-refractivity contribution in [2.45, 2.75) is 37.8 Å². The quantitative estimate of drug-likeness (QED) is 0.482. The number of aromatic nitrogens is 2. The van der Waals surface area contributed by atoms with E-state index in [2.05, 4.69) is 41.2 Å². The van der Waals surface area contributed by atoms with Crippen LogP contribution >= 0.6 is 11.8 Å². The molecule has 1 N–H and O–H groups in total. The Bertz CT molecular complexity index is 581. The van der Waals surface area contributed by atoms with Gasteiger partial charge in [-0.05, 0) is 24.8 Å². The number of H-pyrrole nitrogens is 1. The Kier molecular flexibility index (Phi) is 5.87. The molecule has 2 aromatic rings. The van der Waals surface area contributed by atoms with Crippen LogP contribution < -0.4 is 5.56 Å². The van der Waals surface area contributed by atoms with Crippen molar-refractivity contribution >= 4 is 11.8 Å². The summed E-state index contributed by atoms with van der Waals surface area (Å²) in [5, 5.41) is 0.744. The van der Waals surface area contributed by atoms with E-state index in [9.17, 15) is 4.79 Å². The summed E-state index contributed by atoms with van der Waals surface area (Å²) in [5.74, 6) is 0.966. The van der Waals surface area contributed by atoms with Crippen LogP contribution in [0.25, 0.3) is 0 Å². The molecule has 1 heterocycles. The average Bonchev–Trinajstić information content (AvgIpc) is 2.45. The van der Waals surface area contributed by atoms with E-state index in [1.165, 1.54) is 5.56 Å². The number of hydrogen-bond acceptors (Lipinski definition) is 3. The maximum Gasteiger partial charge on any atom is 0.251 e. The summed E-state index contributed by atoms with van der Waals surface area (Å²) in [4.78, 5) is 18.8. The third-order valence-electron chi connectivity index (χ3n) is 2.97. The molecule has 0 aliphatic heterocycles. The molecule has 0 fully saturated rings. The van der Waals surface area contributed by atoms with Gasteiger partial charge in [0.2, 0.25) is 0 Å². The van der Waals surface area contributed by atoms with Crippen molar-refractivity contribution in [2.75, 3.05) is 5.75 Å². The lowest BCUT2D eigenvalue weighted by Gasteiger charge is -2.04. The standard InChI is InChI=1S/C16H20N2OS/c1-2-7-14-12-15(19)18-16(17-14)20-11-6-10-13-8-4-3-5-9-13/h3-5,8-9,12H,2,6-7,10-11H2,1H3,(H,17,18,19). The highest BCUT2D eigenvalue weighted by Crippen LogP contribution is 2.14. The van der Waals surface area contributed by atoms with E-state index in [0.717, 1.165) is 42.3 Å². The second kappa shape index (κ2) is 7.90. The van der Waals surface area contributed by atoms with E-state index >= 15 is 0 Å². The van der Waals surface area contributed by atoms with Gasteiger partial charge in [-0.15, -0.1) is 0 Å². The normalized spacial score (nSPS) is 10.7. The maximum absolute atomic E-state index is 11.5. The van der Waals surface area contributed by atoms with Gasteiger partial charge in [-0.25, -0.2) is 4.98 Å². The molecule has 0 aliphatic carbocycles. The number of aryl methyl sites for hydroxylation is 2. The molecule has 0 amide bonds. The molecule has 3 nitrogen and oxygen atoms in total. The van der Waals surface area contributed by atoms with Crippen LogP contribution in [0.4, 0.5) is 0 Å². The fraction of sp³-hybridized carbons (Fsp3) is 0.375. The Morgan fingerprint density at radius 3 is 2.75 bits per heavy atom. The van der Waals surface area contributed by atoms with E-state index in [4.69, 9.17) is 0 Å². The molecule has 0 radical (unpaired) electrons. The zero-order valence-electron chi connectivity index (χ0n) is 11.8. The predicted molar refractivity (Wildman–Crippen MR) is 84.3 cm³/mol. The highest BCUT2D eigenvalue weighted by atomic mass is 32.2. The molecule has 2 rings (SSSR count). The first-order valence-corrected chi connectivity index (χ1v) is 8.03. The minimum Gasteiger partial charge on any atom is -0.301 e. The Labute approximate surface area is 123 Å². The number of hydrogen-bond donors (Lipinski definition) is 1. The molecule has 0 aliphatic rings. The number of aromatic amines is 1. The summed E-state index contributed by atoms with van der Waals surface area (Å²) >= 11 is 1.63. The predicted octanol–water partition coefficient (Wildman–Crippen LogP) is 3.45. The van der Waals surface area contributed by atoms with Gasteiger partial charge in [0, 0.05) is 17.5 Å². The van der Waals surface area contributed by atoms with Gasteiger partial charge in [0.15, 0.2) is 5.16 Å². The van der Waals surface area contributed by atoms with Crippen LogP contribution in [-0.2, 0) is 12.8 Å². The van der Waals surface area contributed by atoms with Crippen molar-refractivity contribution in [3.05, 3.63) is 58.0 Å². The molecule has 1 aromatic heterocycles. The monoisotopic (exact) mass is 288 g/mol. The average molecular weight is 288 g/mol. The molecule has 106 valence electrons. The molecule has 0 atom stereocenters. The van der Waals surface area contributed by atoms with Gasteiger partial charge in [0.1, 0.15) is 0 Å². The molecule has 4 heteroatoms. The summed E-state index contributed by atoms with van der Waals surface area (Å²) in [5.41, 5.74) is 2.20. The third kappa shape index (κ3) is 4.85. The number of nitrogens with one attached hydrogen (secondary N) is 1. The lowest BCUT2D eigenvalue weighted by atomic mass is 10.1. The molecule has 20 heavy (non-hydrogen) atoms. The zero-order chi connectivity index (χ0) is 14.2. The van der Waals surface area contributed by atoms with Crippen LogP contribution in [-0.4, -0.2) is 15.7 Å². The Hall–Kier alpha value is -1.55. The van der Waals surface area contributed by atoms with Gasteiger partial charge in [-0.1, -0.05) is 55.4 Å². The second-order valence-corrected chi connectivity index (χ2v) is 5.81. The number of benzene rings is 1. The van der Waals surface area contributed by atoms with Gasteiger partial charge in [0.05, 0.1) is 0 Å². The van der Waals surface area contributed by atoms with Crippen molar-refractivity contribution in [1.82, 2.24) is 9.97 Å². The summed E-state index contributed by atoms with van der Waals surface area (Å²) in [7, 11) is 0. The van der Waals surface area contributed by atoms with E-state index < -0.39 is 0 Å². The molecular weight excluding hydrogens is 268 g/mol. The third-order valence-corrected chi connectivity index (χ3v) is 3.93. The Morgan fingerprint density at radius 2 is 2.00 bits per heavy atom. The molecule has 0 saturated heterocycles. The highest BCUT2D eigenvalue weighted by molar-refractivity contribution is 7.99. The second-order valence-electron chi connectivity index (χ2n) is 4.73. The minimum atomic E-state index is -0.0472. The number of rotatable bonds is 7. The molecular formula is C16H20N2OS. The molecule has 0 unspecified atom stereocenters. The minimum absolute atomic E-state index is 0.0472. The maximum atomic E-state index is 11.5. The van der Waals surface area contributed by atoms with E-state index in [1.54, 1.807) is 17.8 Å². The fourth-order valence-electron chi connectivity index (χ4n) is 2.03. The number of thioether (sulfide) groups is 1. The van der Waals surface area contributed by atoms with Gasteiger partial charge in [-0.3, -0.25) is 4.79 Å². The number of nitrogens with zero attached hydrogens (tertiary/aromatic N) is 1. The molecule has 0 bridgehead atoms. The first-order valence-electron chi connectivity index (χ1n) is 7.05. The van der Waals surface area contributed by atoms with Gasteiger partial charge in [0.25, 0.3) is 5.56 Å². The zero-order valence-corrected chi connectivity index (χ0v) is 12.6. The van der Waals surface area contributed by atoms with Crippen LogP contribution in [0.3, 0.4) is 0 Å². The van der Waals surface area contributed by atoms with Crippen molar-refractivity contribution in [3.8, 4) is 0 Å². The van der Waals surface area contributed by atoms with Crippen molar-refractivity contribution in [1.29, 1.82) is 0 Å². The Morgan fingerprint density at radius 1 is 1.20 bits per heavy atom. The van der Waals surface area contributed by atoms with Crippen LogP contribution in [0.2, 0.25) is 0 Å². The lowest BCUT2D eigenvalue weighted by Crippen LogP contribution is -2.10. The fourth-order valence-corrected chi connectivity index (χ4v) is 2.86. The van der Waals surface area contributed by atoms with E-state index in [-0.39, 0.29) is 5.56 Å². The van der Waals surface area contributed by atoms with E-state index in [0.29, 0.717) is 0 Å². The van der Waals surface area contributed by atoms with Gasteiger partial charge in [-0.2, -0.15) is 0 Å². The molecule has 1 aromatic carbocycles. The van der Waals surface area contributed by atoms with Crippen molar-refractivity contribution < 1.29 is 0 Å². The van der Waals surface area contributed by atoms with Crippen molar-refractivity contribution in [3.63, 3.8) is 0 Å². The SMILES string of the molecule is CCCc1cc(=O)[nH]c(SCCCc2ccccc2)n1.